The number of allylic oxidation sites excluding steroid dienone is 2. The van der Waals surface area contributed by atoms with Gasteiger partial charge in [-0.1, -0.05) is 71.8 Å². The Bertz CT molecular complexity index is 1400. The summed E-state index contributed by atoms with van der Waals surface area (Å²) in [5, 5.41) is 5.04. The molecular weight excluding hydrogens is 481 g/mol. The van der Waals surface area contributed by atoms with Gasteiger partial charge in [0.25, 0.3) is 5.01 Å². The first-order valence-electron chi connectivity index (χ1n) is 11.8. The van der Waals surface area contributed by atoms with Crippen LogP contribution >= 0.6 is 34.5 Å². The van der Waals surface area contributed by atoms with E-state index in [1.165, 1.54) is 26.0 Å². The van der Waals surface area contributed by atoms with E-state index in [9.17, 15) is 0 Å². The summed E-state index contributed by atoms with van der Waals surface area (Å²) >= 11 is 14.6. The van der Waals surface area contributed by atoms with E-state index in [1.54, 1.807) is 0 Å². The molecule has 3 nitrogen and oxygen atoms in total. The Morgan fingerprint density at radius 2 is 1.59 bits per heavy atom. The Labute approximate surface area is 215 Å². The molecule has 1 aliphatic heterocycles. The SMILES string of the molecule is CCC[n+]1c(/C=C/C=C2N(CC)c3cc(Cl)c(Cl)cc3N2CC)sc2ccc3ccccc3c21. The number of benzene rings is 3. The fraction of sp³-hybridized carbons (Fsp3) is 0.250. The lowest BCUT2D eigenvalue weighted by Crippen LogP contribution is -2.34. The van der Waals surface area contributed by atoms with Gasteiger partial charge in [-0.3, -0.25) is 0 Å². The van der Waals surface area contributed by atoms with Crippen molar-refractivity contribution in [2.75, 3.05) is 22.9 Å². The van der Waals surface area contributed by atoms with Crippen LogP contribution in [-0.4, -0.2) is 13.1 Å². The summed E-state index contributed by atoms with van der Waals surface area (Å²) in [6.45, 7) is 9.26. The molecule has 2 heterocycles. The zero-order valence-electron chi connectivity index (χ0n) is 19.7. The minimum Gasteiger partial charge on any atom is -0.326 e. The van der Waals surface area contributed by atoms with Gasteiger partial charge in [0.15, 0.2) is 0 Å². The van der Waals surface area contributed by atoms with Gasteiger partial charge < -0.3 is 9.80 Å². The van der Waals surface area contributed by atoms with Gasteiger partial charge >= 0.3 is 0 Å². The molecule has 5 rings (SSSR count). The molecule has 0 aliphatic carbocycles. The van der Waals surface area contributed by atoms with Gasteiger partial charge in [-0.2, -0.15) is 4.57 Å². The third-order valence-electron chi connectivity index (χ3n) is 6.33. The predicted octanol–water partition coefficient (Wildman–Crippen LogP) is 8.28. The van der Waals surface area contributed by atoms with Crippen LogP contribution in [0.2, 0.25) is 10.0 Å². The predicted molar refractivity (Wildman–Crippen MR) is 149 cm³/mol. The van der Waals surface area contributed by atoms with Gasteiger partial charge in [-0.15, -0.1) is 0 Å². The molecule has 174 valence electrons. The van der Waals surface area contributed by atoms with Gasteiger partial charge in [-0.25, -0.2) is 0 Å². The van der Waals surface area contributed by atoms with E-state index >= 15 is 0 Å². The molecule has 0 fully saturated rings. The zero-order valence-corrected chi connectivity index (χ0v) is 22.0. The molecule has 1 aromatic heterocycles. The van der Waals surface area contributed by atoms with E-state index in [0.29, 0.717) is 10.0 Å². The average Bonchev–Trinajstić information content (AvgIpc) is 3.34. The lowest BCUT2D eigenvalue weighted by Gasteiger charge is -2.23. The van der Waals surface area contributed by atoms with Crippen molar-refractivity contribution < 1.29 is 4.57 Å². The summed E-state index contributed by atoms with van der Waals surface area (Å²) in [5.74, 6) is 1.14. The van der Waals surface area contributed by atoms with E-state index < -0.39 is 0 Å². The maximum Gasteiger partial charge on any atom is 0.262 e. The van der Waals surface area contributed by atoms with Crippen molar-refractivity contribution in [2.24, 2.45) is 0 Å². The van der Waals surface area contributed by atoms with Crippen LogP contribution in [0.5, 0.6) is 0 Å². The minimum atomic E-state index is 0.588. The fourth-order valence-corrected chi connectivity index (χ4v) is 6.29. The molecule has 1 aliphatic rings. The standard InChI is InChI=1S/C28H28Cl2N3S/c1-4-16-33-27(34-25-15-14-19-10-7-8-11-20(19)28(25)33)13-9-12-26-31(5-2)23-17-21(29)22(30)18-24(23)32(26)6-3/h7-15,17-18H,4-6,16H2,1-3H3/q+1. The van der Waals surface area contributed by atoms with Crippen molar-refractivity contribution >= 4 is 73.0 Å². The van der Waals surface area contributed by atoms with E-state index in [-0.39, 0.29) is 0 Å². The van der Waals surface area contributed by atoms with Gasteiger partial charge in [0, 0.05) is 25.6 Å². The molecule has 0 atom stereocenters. The maximum absolute atomic E-state index is 6.35. The first-order chi connectivity index (χ1) is 16.6. The Morgan fingerprint density at radius 1 is 0.912 bits per heavy atom. The van der Waals surface area contributed by atoms with E-state index in [2.05, 4.69) is 89.8 Å². The Kier molecular flexibility index (Phi) is 6.57. The highest BCUT2D eigenvalue weighted by Gasteiger charge is 2.30. The van der Waals surface area contributed by atoms with Gasteiger partial charge in [0.2, 0.25) is 5.52 Å². The molecule has 0 N–H and O–H groups in total. The highest BCUT2D eigenvalue weighted by molar-refractivity contribution is 7.19. The molecule has 4 aromatic rings. The van der Waals surface area contributed by atoms with Crippen molar-refractivity contribution in [3.05, 3.63) is 81.6 Å². The second-order valence-corrected chi connectivity index (χ2v) is 10.2. The number of fused-ring (bicyclic) bond motifs is 4. The number of hydrogen-bond acceptors (Lipinski definition) is 3. The Morgan fingerprint density at radius 3 is 2.24 bits per heavy atom. The molecule has 0 bridgehead atoms. The largest absolute Gasteiger partial charge is 0.326 e. The van der Waals surface area contributed by atoms with Gasteiger partial charge in [0.1, 0.15) is 17.1 Å². The Balaban J connectivity index is 1.57. The Hall–Kier alpha value is -2.53. The fourth-order valence-electron chi connectivity index (χ4n) is 4.86. The number of halogens is 2. The van der Waals surface area contributed by atoms with Crippen LogP contribution in [0.1, 0.15) is 32.2 Å². The van der Waals surface area contributed by atoms with Crippen molar-refractivity contribution in [3.63, 3.8) is 0 Å². The van der Waals surface area contributed by atoms with Crippen LogP contribution in [0.4, 0.5) is 11.4 Å². The maximum atomic E-state index is 6.35. The molecule has 0 saturated carbocycles. The molecule has 0 unspecified atom stereocenters. The van der Waals surface area contributed by atoms with E-state index in [1.807, 2.05) is 23.5 Å². The number of hydrogen-bond donors (Lipinski definition) is 0. The van der Waals surface area contributed by atoms with Crippen molar-refractivity contribution in [2.45, 2.75) is 33.7 Å². The van der Waals surface area contributed by atoms with Crippen LogP contribution in [-0.2, 0) is 6.54 Å². The summed E-state index contributed by atoms with van der Waals surface area (Å²) in [7, 11) is 0. The van der Waals surface area contributed by atoms with Crippen molar-refractivity contribution in [1.29, 1.82) is 0 Å². The lowest BCUT2D eigenvalue weighted by atomic mass is 10.1. The average molecular weight is 510 g/mol. The second-order valence-electron chi connectivity index (χ2n) is 8.35. The number of anilines is 2. The van der Waals surface area contributed by atoms with Crippen LogP contribution in [0, 0.1) is 0 Å². The summed E-state index contributed by atoms with van der Waals surface area (Å²) in [4.78, 5) is 4.59. The minimum absolute atomic E-state index is 0.588. The van der Waals surface area contributed by atoms with Crippen molar-refractivity contribution in [3.8, 4) is 0 Å². The van der Waals surface area contributed by atoms with Crippen molar-refractivity contribution in [1.82, 2.24) is 0 Å². The second kappa shape index (κ2) is 9.61. The third kappa shape index (κ3) is 3.88. The number of aryl methyl sites for hydroxylation is 1. The molecule has 34 heavy (non-hydrogen) atoms. The highest BCUT2D eigenvalue weighted by atomic mass is 35.5. The van der Waals surface area contributed by atoms with E-state index in [0.717, 1.165) is 43.3 Å². The normalized spacial score (nSPS) is 13.6. The topological polar surface area (TPSA) is 10.4 Å². The van der Waals surface area contributed by atoms with Crippen LogP contribution in [0.15, 0.2) is 66.5 Å². The quantitative estimate of drug-likeness (QED) is 0.242. The van der Waals surface area contributed by atoms with E-state index in [4.69, 9.17) is 23.2 Å². The molecule has 0 saturated heterocycles. The number of thiazole rings is 1. The first kappa shape index (κ1) is 23.2. The molecule has 0 amide bonds. The third-order valence-corrected chi connectivity index (χ3v) is 8.17. The molecule has 6 heteroatoms. The number of aromatic nitrogens is 1. The highest BCUT2D eigenvalue weighted by Crippen LogP contribution is 2.45. The van der Waals surface area contributed by atoms with Crippen LogP contribution in [0.25, 0.3) is 27.1 Å². The lowest BCUT2D eigenvalue weighted by molar-refractivity contribution is -0.668. The smallest absolute Gasteiger partial charge is 0.262 e. The number of nitrogens with zero attached hydrogens (tertiary/aromatic N) is 3. The van der Waals surface area contributed by atoms with Gasteiger partial charge in [0.05, 0.1) is 26.8 Å². The molecule has 0 radical (unpaired) electrons. The molecule has 3 aromatic carbocycles. The first-order valence-corrected chi connectivity index (χ1v) is 13.4. The van der Waals surface area contributed by atoms with Gasteiger partial charge in [-0.05, 0) is 49.6 Å². The summed E-state index contributed by atoms with van der Waals surface area (Å²) in [5.41, 5.74) is 3.54. The summed E-state index contributed by atoms with van der Waals surface area (Å²) in [6.07, 6.45) is 7.71. The molecular formula is C28H28Cl2N3S+. The summed E-state index contributed by atoms with van der Waals surface area (Å²) < 4.78 is 3.79. The number of rotatable bonds is 6. The molecule has 0 spiro atoms. The van der Waals surface area contributed by atoms with Crippen LogP contribution in [0.3, 0.4) is 0 Å². The van der Waals surface area contributed by atoms with Crippen LogP contribution < -0.4 is 14.4 Å². The summed E-state index contributed by atoms with van der Waals surface area (Å²) in [6, 6.07) is 17.1. The monoisotopic (exact) mass is 508 g/mol. The zero-order chi connectivity index (χ0) is 23.8.